The van der Waals surface area contributed by atoms with Crippen LogP contribution < -0.4 is 5.32 Å². The summed E-state index contributed by atoms with van der Waals surface area (Å²) in [4.78, 5) is 6.56. The monoisotopic (exact) mass is 224 g/mol. The van der Waals surface area contributed by atoms with Crippen molar-refractivity contribution >= 4 is 0 Å². The molecule has 1 aromatic rings. The maximum atomic E-state index is 4.98. The quantitative estimate of drug-likeness (QED) is 0.828. The van der Waals surface area contributed by atoms with Gasteiger partial charge in [-0.15, -0.1) is 0 Å². The number of hydrogen-bond acceptors (Lipinski definition) is 5. The lowest BCUT2D eigenvalue weighted by Crippen LogP contribution is -2.32. The van der Waals surface area contributed by atoms with Crippen LogP contribution in [-0.2, 0) is 6.54 Å². The highest BCUT2D eigenvalue weighted by molar-refractivity contribution is 4.85. The summed E-state index contributed by atoms with van der Waals surface area (Å²) in [6.07, 6.45) is 3.70. The minimum Gasteiger partial charge on any atom is -0.340 e. The van der Waals surface area contributed by atoms with Crippen LogP contribution in [0.3, 0.4) is 0 Å². The van der Waals surface area contributed by atoms with Crippen LogP contribution in [0.15, 0.2) is 4.52 Å². The maximum Gasteiger partial charge on any atom is 0.223 e. The Morgan fingerprint density at radius 1 is 1.44 bits per heavy atom. The van der Waals surface area contributed by atoms with Crippen molar-refractivity contribution in [1.82, 2.24) is 20.4 Å². The Morgan fingerprint density at radius 2 is 2.31 bits per heavy atom. The lowest BCUT2D eigenvalue weighted by atomic mass is 10.1. The van der Waals surface area contributed by atoms with Crippen LogP contribution in [0.25, 0.3) is 0 Å². The number of aryl methyl sites for hydroxylation is 1. The smallest absolute Gasteiger partial charge is 0.223 e. The normalized spacial score (nSPS) is 22.3. The van der Waals surface area contributed by atoms with Gasteiger partial charge in [0, 0.05) is 13.0 Å². The topological polar surface area (TPSA) is 54.2 Å². The van der Waals surface area contributed by atoms with Gasteiger partial charge in [0.15, 0.2) is 5.82 Å². The van der Waals surface area contributed by atoms with Crippen LogP contribution >= 0.6 is 0 Å². The molecule has 0 saturated carbocycles. The Hall–Kier alpha value is -0.940. The molecule has 0 spiro atoms. The molecule has 5 heteroatoms. The predicted molar refractivity (Wildman–Crippen MR) is 61.0 cm³/mol. The zero-order valence-corrected chi connectivity index (χ0v) is 10.1. The van der Waals surface area contributed by atoms with Crippen molar-refractivity contribution in [3.63, 3.8) is 0 Å². The first-order chi connectivity index (χ1) is 7.75. The third-order valence-electron chi connectivity index (χ3n) is 3.13. The molecule has 1 saturated heterocycles. The molecule has 0 aromatic carbocycles. The van der Waals surface area contributed by atoms with Gasteiger partial charge in [-0.3, -0.25) is 4.90 Å². The van der Waals surface area contributed by atoms with Crippen molar-refractivity contribution in [2.24, 2.45) is 0 Å². The van der Waals surface area contributed by atoms with Gasteiger partial charge in [0.05, 0.1) is 6.54 Å². The zero-order chi connectivity index (χ0) is 11.4. The zero-order valence-electron chi connectivity index (χ0n) is 10.1. The van der Waals surface area contributed by atoms with Crippen LogP contribution in [0.4, 0.5) is 0 Å². The maximum absolute atomic E-state index is 4.98. The lowest BCUT2D eigenvalue weighted by Gasteiger charge is -2.25. The van der Waals surface area contributed by atoms with Crippen molar-refractivity contribution in [2.75, 3.05) is 20.1 Å². The molecule has 0 radical (unpaired) electrons. The molecular weight excluding hydrogens is 204 g/mol. The average Bonchev–Trinajstić information content (AvgIpc) is 2.56. The SMILES string of the molecule is Cc1nc(CN(C)C2CCCNCC2)no1. The van der Waals surface area contributed by atoms with E-state index in [4.69, 9.17) is 4.52 Å². The molecule has 0 bridgehead atoms. The van der Waals surface area contributed by atoms with Gasteiger partial charge in [-0.1, -0.05) is 5.16 Å². The van der Waals surface area contributed by atoms with E-state index in [-0.39, 0.29) is 0 Å². The molecule has 0 amide bonds. The van der Waals surface area contributed by atoms with E-state index < -0.39 is 0 Å². The van der Waals surface area contributed by atoms with Crippen LogP contribution in [0.1, 0.15) is 31.0 Å². The lowest BCUT2D eigenvalue weighted by molar-refractivity contribution is 0.209. The van der Waals surface area contributed by atoms with Crippen LogP contribution in [0.2, 0.25) is 0 Å². The molecular formula is C11H20N4O. The molecule has 1 aliphatic heterocycles. The van der Waals surface area contributed by atoms with E-state index in [2.05, 4.69) is 27.4 Å². The second-order valence-electron chi connectivity index (χ2n) is 4.48. The molecule has 1 fully saturated rings. The highest BCUT2D eigenvalue weighted by atomic mass is 16.5. The van der Waals surface area contributed by atoms with E-state index in [1.807, 2.05) is 6.92 Å². The van der Waals surface area contributed by atoms with Gasteiger partial charge in [0.1, 0.15) is 0 Å². The van der Waals surface area contributed by atoms with E-state index in [1.54, 1.807) is 0 Å². The van der Waals surface area contributed by atoms with Gasteiger partial charge in [0.2, 0.25) is 5.89 Å². The molecule has 90 valence electrons. The van der Waals surface area contributed by atoms with Crippen LogP contribution in [0, 0.1) is 6.92 Å². The molecule has 0 aliphatic carbocycles. The van der Waals surface area contributed by atoms with Crippen LogP contribution in [0.5, 0.6) is 0 Å². The van der Waals surface area contributed by atoms with E-state index in [1.165, 1.54) is 19.3 Å². The first kappa shape index (κ1) is 11.5. The fraction of sp³-hybridized carbons (Fsp3) is 0.818. The van der Waals surface area contributed by atoms with Crippen molar-refractivity contribution < 1.29 is 4.52 Å². The number of rotatable bonds is 3. The minimum absolute atomic E-state index is 0.633. The minimum atomic E-state index is 0.633. The number of aromatic nitrogens is 2. The number of hydrogen-bond donors (Lipinski definition) is 1. The van der Waals surface area contributed by atoms with Gasteiger partial charge in [-0.2, -0.15) is 4.98 Å². The van der Waals surface area contributed by atoms with Gasteiger partial charge >= 0.3 is 0 Å². The summed E-state index contributed by atoms with van der Waals surface area (Å²) in [6.45, 7) is 4.86. The van der Waals surface area contributed by atoms with Crippen LogP contribution in [-0.4, -0.2) is 41.2 Å². The third-order valence-corrected chi connectivity index (χ3v) is 3.13. The second kappa shape index (κ2) is 5.41. The summed E-state index contributed by atoms with van der Waals surface area (Å²) in [5.74, 6) is 1.43. The summed E-state index contributed by atoms with van der Waals surface area (Å²) in [5.41, 5.74) is 0. The van der Waals surface area contributed by atoms with Crippen molar-refractivity contribution in [1.29, 1.82) is 0 Å². The van der Waals surface area contributed by atoms with Gasteiger partial charge in [-0.05, 0) is 39.4 Å². The average molecular weight is 224 g/mol. The summed E-state index contributed by atoms with van der Waals surface area (Å²) in [6, 6.07) is 0.633. The number of nitrogens with zero attached hydrogens (tertiary/aromatic N) is 3. The van der Waals surface area contributed by atoms with E-state index in [9.17, 15) is 0 Å². The van der Waals surface area contributed by atoms with Gasteiger partial charge in [-0.25, -0.2) is 0 Å². The van der Waals surface area contributed by atoms with Crippen molar-refractivity contribution in [2.45, 2.75) is 38.8 Å². The predicted octanol–water partition coefficient (Wildman–Crippen LogP) is 0.952. The Morgan fingerprint density at radius 3 is 3.06 bits per heavy atom. The Labute approximate surface area is 96.2 Å². The first-order valence-electron chi connectivity index (χ1n) is 5.96. The fourth-order valence-electron chi connectivity index (χ4n) is 2.20. The Bertz CT molecular complexity index is 318. The molecule has 1 aliphatic rings. The third kappa shape index (κ3) is 3.02. The van der Waals surface area contributed by atoms with Gasteiger partial charge in [0.25, 0.3) is 0 Å². The van der Waals surface area contributed by atoms with Gasteiger partial charge < -0.3 is 9.84 Å². The molecule has 1 atom stereocenters. The summed E-state index contributed by atoms with van der Waals surface area (Å²) in [7, 11) is 2.14. The van der Waals surface area contributed by atoms with E-state index in [0.29, 0.717) is 11.9 Å². The first-order valence-corrected chi connectivity index (χ1v) is 5.96. The molecule has 5 nitrogen and oxygen atoms in total. The molecule has 1 unspecified atom stereocenters. The highest BCUT2D eigenvalue weighted by Crippen LogP contribution is 2.13. The standard InChI is InChI=1S/C11H20N4O/c1-9-13-11(14-16-9)8-15(2)10-4-3-6-12-7-5-10/h10,12H,3-8H2,1-2H3. The number of nitrogens with one attached hydrogen (secondary N) is 1. The highest BCUT2D eigenvalue weighted by Gasteiger charge is 2.18. The second-order valence-corrected chi connectivity index (χ2v) is 4.48. The Balaban J connectivity index is 1.88. The van der Waals surface area contributed by atoms with Crippen molar-refractivity contribution in [3.8, 4) is 0 Å². The largest absolute Gasteiger partial charge is 0.340 e. The van der Waals surface area contributed by atoms with E-state index >= 15 is 0 Å². The fourth-order valence-corrected chi connectivity index (χ4v) is 2.20. The summed E-state index contributed by atoms with van der Waals surface area (Å²) in [5, 5.41) is 7.35. The Kier molecular flexibility index (Phi) is 3.90. The molecule has 16 heavy (non-hydrogen) atoms. The molecule has 1 N–H and O–H groups in total. The molecule has 2 heterocycles. The molecule has 2 rings (SSSR count). The summed E-state index contributed by atoms with van der Waals surface area (Å²) >= 11 is 0. The van der Waals surface area contributed by atoms with E-state index in [0.717, 1.165) is 25.5 Å². The summed E-state index contributed by atoms with van der Waals surface area (Å²) < 4.78 is 4.98. The van der Waals surface area contributed by atoms with Crippen molar-refractivity contribution in [3.05, 3.63) is 11.7 Å². The molecule has 1 aromatic heterocycles.